The summed E-state index contributed by atoms with van der Waals surface area (Å²) >= 11 is 0. The van der Waals surface area contributed by atoms with Gasteiger partial charge in [0.2, 0.25) is 0 Å². The van der Waals surface area contributed by atoms with Crippen LogP contribution in [0.15, 0.2) is 48.9 Å². The topological polar surface area (TPSA) is 66.9 Å². The number of nitrogens with one attached hydrogen (secondary N) is 2. The van der Waals surface area contributed by atoms with E-state index in [2.05, 4.69) is 39.7 Å². The van der Waals surface area contributed by atoms with Crippen LogP contribution >= 0.6 is 0 Å². The van der Waals surface area contributed by atoms with Gasteiger partial charge in [-0.25, -0.2) is 9.78 Å². The Kier molecular flexibility index (Phi) is 4.19. The van der Waals surface area contributed by atoms with Crippen LogP contribution in [0.25, 0.3) is 21.9 Å². The normalized spacial score (nSPS) is 10.5. The first-order valence-electron chi connectivity index (χ1n) is 7.53. The highest BCUT2D eigenvalue weighted by Crippen LogP contribution is 2.28. The van der Waals surface area contributed by atoms with Crippen molar-refractivity contribution in [3.05, 3.63) is 54.5 Å². The van der Waals surface area contributed by atoms with Crippen molar-refractivity contribution in [2.75, 3.05) is 11.9 Å². The number of carbonyl (C=O) groups is 1. The lowest BCUT2D eigenvalue weighted by Crippen LogP contribution is -2.28. The van der Waals surface area contributed by atoms with Gasteiger partial charge in [0.15, 0.2) is 0 Å². The van der Waals surface area contributed by atoms with Gasteiger partial charge in [-0.05, 0) is 60.2 Å². The van der Waals surface area contributed by atoms with Crippen molar-refractivity contribution in [1.29, 1.82) is 0 Å². The van der Waals surface area contributed by atoms with Crippen LogP contribution < -0.4 is 10.6 Å². The third-order valence-electron chi connectivity index (χ3n) is 3.64. The predicted octanol–water partition coefficient (Wildman–Crippen LogP) is 3.75. The maximum atomic E-state index is 11.6. The van der Waals surface area contributed by atoms with Gasteiger partial charge in [-0.3, -0.25) is 10.3 Å². The van der Waals surface area contributed by atoms with Crippen molar-refractivity contribution < 1.29 is 4.79 Å². The molecule has 23 heavy (non-hydrogen) atoms. The highest BCUT2D eigenvalue weighted by Gasteiger charge is 2.07. The SMILES string of the molecule is CCNC(=O)Nc1cc2cc(-c3ccncc3)cc(C)c2cn1. The van der Waals surface area contributed by atoms with Gasteiger partial charge in [0.25, 0.3) is 0 Å². The molecule has 0 saturated carbocycles. The minimum atomic E-state index is -0.249. The molecule has 0 fully saturated rings. The van der Waals surface area contributed by atoms with Gasteiger partial charge in [0, 0.05) is 30.5 Å². The fraction of sp³-hybridized carbons (Fsp3) is 0.167. The molecule has 0 radical (unpaired) electrons. The molecule has 0 atom stereocenters. The highest BCUT2D eigenvalue weighted by atomic mass is 16.2. The van der Waals surface area contributed by atoms with Crippen molar-refractivity contribution in [1.82, 2.24) is 15.3 Å². The Hall–Kier alpha value is -2.95. The summed E-state index contributed by atoms with van der Waals surface area (Å²) < 4.78 is 0. The molecule has 5 heteroatoms. The number of nitrogens with zero attached hydrogens (tertiary/aromatic N) is 2. The lowest BCUT2D eigenvalue weighted by atomic mass is 9.99. The summed E-state index contributed by atoms with van der Waals surface area (Å²) in [6, 6.07) is 9.84. The van der Waals surface area contributed by atoms with E-state index in [-0.39, 0.29) is 6.03 Å². The summed E-state index contributed by atoms with van der Waals surface area (Å²) in [5, 5.41) is 7.55. The van der Waals surface area contributed by atoms with Gasteiger partial charge in [0.05, 0.1) is 0 Å². The fourth-order valence-electron chi connectivity index (χ4n) is 2.54. The smallest absolute Gasteiger partial charge is 0.320 e. The van der Waals surface area contributed by atoms with Gasteiger partial charge in [0.1, 0.15) is 5.82 Å². The number of benzene rings is 1. The molecule has 116 valence electrons. The molecule has 3 rings (SSSR count). The average molecular weight is 306 g/mol. The molecule has 0 saturated heterocycles. The van der Waals surface area contributed by atoms with Crippen molar-refractivity contribution in [3.63, 3.8) is 0 Å². The van der Waals surface area contributed by atoms with Crippen molar-refractivity contribution in [2.24, 2.45) is 0 Å². The van der Waals surface area contributed by atoms with Crippen molar-refractivity contribution in [2.45, 2.75) is 13.8 Å². The number of hydrogen-bond acceptors (Lipinski definition) is 3. The van der Waals surface area contributed by atoms with Crippen LogP contribution in [0.1, 0.15) is 12.5 Å². The maximum absolute atomic E-state index is 11.6. The minimum absolute atomic E-state index is 0.249. The van der Waals surface area contributed by atoms with E-state index in [1.54, 1.807) is 18.6 Å². The first-order valence-corrected chi connectivity index (χ1v) is 7.53. The van der Waals surface area contributed by atoms with Gasteiger partial charge in [-0.2, -0.15) is 0 Å². The summed E-state index contributed by atoms with van der Waals surface area (Å²) in [6.07, 6.45) is 5.36. The monoisotopic (exact) mass is 306 g/mol. The van der Waals surface area contributed by atoms with Gasteiger partial charge in [-0.1, -0.05) is 6.07 Å². The molecule has 0 bridgehead atoms. The highest BCUT2D eigenvalue weighted by molar-refractivity contribution is 5.94. The van der Waals surface area contributed by atoms with E-state index in [1.165, 1.54) is 0 Å². The third-order valence-corrected chi connectivity index (χ3v) is 3.64. The summed E-state index contributed by atoms with van der Waals surface area (Å²) in [5.74, 6) is 0.537. The number of aryl methyl sites for hydroxylation is 1. The molecule has 0 aliphatic carbocycles. The molecular weight excluding hydrogens is 288 g/mol. The molecule has 5 nitrogen and oxygen atoms in total. The lowest BCUT2D eigenvalue weighted by Gasteiger charge is -2.10. The number of carbonyl (C=O) groups excluding carboxylic acids is 1. The zero-order valence-corrected chi connectivity index (χ0v) is 13.1. The first-order chi connectivity index (χ1) is 11.2. The van der Waals surface area contributed by atoms with Crippen LogP contribution in [0.2, 0.25) is 0 Å². The summed E-state index contributed by atoms with van der Waals surface area (Å²) in [5.41, 5.74) is 3.37. The predicted molar refractivity (Wildman–Crippen MR) is 92.4 cm³/mol. The van der Waals surface area contributed by atoms with Crippen LogP contribution in [0, 0.1) is 6.92 Å². The minimum Gasteiger partial charge on any atom is -0.338 e. The van der Waals surface area contributed by atoms with E-state index < -0.39 is 0 Å². The molecule has 2 heterocycles. The molecule has 2 amide bonds. The van der Waals surface area contributed by atoms with Crippen molar-refractivity contribution >= 4 is 22.6 Å². The number of aromatic nitrogens is 2. The molecule has 0 aliphatic heterocycles. The number of anilines is 1. The zero-order valence-electron chi connectivity index (χ0n) is 13.1. The molecular formula is C18H18N4O. The van der Waals surface area contributed by atoms with E-state index in [1.807, 2.05) is 25.1 Å². The molecule has 3 aromatic rings. The Morgan fingerprint density at radius 2 is 1.91 bits per heavy atom. The number of fused-ring (bicyclic) bond motifs is 1. The summed E-state index contributed by atoms with van der Waals surface area (Å²) in [6.45, 7) is 4.51. The maximum Gasteiger partial charge on any atom is 0.320 e. The molecule has 2 N–H and O–H groups in total. The summed E-state index contributed by atoms with van der Waals surface area (Å²) in [4.78, 5) is 20.0. The van der Waals surface area contributed by atoms with Crippen LogP contribution in [-0.2, 0) is 0 Å². The second kappa shape index (κ2) is 6.44. The standard InChI is InChI=1S/C18H18N4O/c1-3-20-18(23)22-17-10-15-9-14(13-4-6-19-7-5-13)8-12(2)16(15)11-21-17/h4-11H,3H2,1-2H3,(H2,20,21,22,23). The number of pyridine rings is 2. The van der Waals surface area contributed by atoms with Crippen LogP contribution in [0.5, 0.6) is 0 Å². The Morgan fingerprint density at radius 1 is 1.13 bits per heavy atom. The van der Waals surface area contributed by atoms with Crippen LogP contribution in [0.3, 0.4) is 0 Å². The summed E-state index contributed by atoms with van der Waals surface area (Å²) in [7, 11) is 0. The van der Waals surface area contributed by atoms with Crippen LogP contribution in [-0.4, -0.2) is 22.5 Å². The van der Waals surface area contributed by atoms with E-state index in [4.69, 9.17) is 0 Å². The Balaban J connectivity index is 2.02. The van der Waals surface area contributed by atoms with Crippen LogP contribution in [0.4, 0.5) is 10.6 Å². The van der Waals surface area contributed by atoms with E-state index in [0.29, 0.717) is 12.4 Å². The first kappa shape index (κ1) is 15.0. The van der Waals surface area contributed by atoms with E-state index in [9.17, 15) is 4.79 Å². The number of hydrogen-bond donors (Lipinski definition) is 2. The van der Waals surface area contributed by atoms with E-state index >= 15 is 0 Å². The largest absolute Gasteiger partial charge is 0.338 e. The van der Waals surface area contributed by atoms with Gasteiger partial charge < -0.3 is 5.32 Å². The number of amides is 2. The Morgan fingerprint density at radius 3 is 2.65 bits per heavy atom. The third kappa shape index (κ3) is 3.29. The quantitative estimate of drug-likeness (QED) is 0.774. The van der Waals surface area contributed by atoms with E-state index in [0.717, 1.165) is 27.5 Å². The lowest BCUT2D eigenvalue weighted by molar-refractivity contribution is 0.252. The molecule has 0 aliphatic rings. The number of urea groups is 1. The Bertz CT molecular complexity index is 846. The Labute approximate surface area is 134 Å². The van der Waals surface area contributed by atoms with Gasteiger partial charge in [-0.15, -0.1) is 0 Å². The zero-order chi connectivity index (χ0) is 16.2. The molecule has 0 unspecified atom stereocenters. The second-order valence-electron chi connectivity index (χ2n) is 5.30. The second-order valence-corrected chi connectivity index (χ2v) is 5.30. The molecule has 2 aromatic heterocycles. The van der Waals surface area contributed by atoms with Gasteiger partial charge >= 0.3 is 6.03 Å². The molecule has 0 spiro atoms. The average Bonchev–Trinajstić information content (AvgIpc) is 2.55. The number of rotatable bonds is 3. The van der Waals surface area contributed by atoms with Crippen molar-refractivity contribution in [3.8, 4) is 11.1 Å². The molecule has 1 aromatic carbocycles. The fourth-order valence-corrected chi connectivity index (χ4v) is 2.54.